The van der Waals surface area contributed by atoms with Crippen LogP contribution in [0.5, 0.6) is 0 Å². The van der Waals surface area contributed by atoms with E-state index in [0.717, 1.165) is 13.0 Å². The third-order valence-corrected chi connectivity index (χ3v) is 4.15. The van der Waals surface area contributed by atoms with Crippen LogP contribution in [0.4, 0.5) is 0 Å². The van der Waals surface area contributed by atoms with Crippen LogP contribution in [-0.4, -0.2) is 23.4 Å². The third kappa shape index (κ3) is 1.12. The molecule has 3 heteroatoms. The van der Waals surface area contributed by atoms with Gasteiger partial charge in [0.2, 0.25) is 5.91 Å². The first kappa shape index (κ1) is 8.48. The molecule has 2 nitrogen and oxygen atoms in total. The molecule has 2 aliphatic rings. The van der Waals surface area contributed by atoms with E-state index in [0.29, 0.717) is 17.9 Å². The van der Waals surface area contributed by atoms with E-state index in [2.05, 4.69) is 21.7 Å². The molecule has 0 N–H and O–H groups in total. The highest BCUT2D eigenvalue weighted by Crippen LogP contribution is 2.40. The van der Waals surface area contributed by atoms with Crippen molar-refractivity contribution in [1.82, 2.24) is 4.90 Å². The number of carbonyl (C=O) groups is 1. The number of thiophene rings is 1. The molecule has 1 aromatic heterocycles. The van der Waals surface area contributed by atoms with Crippen molar-refractivity contribution in [1.29, 1.82) is 0 Å². The zero-order valence-corrected chi connectivity index (χ0v) is 8.80. The van der Waals surface area contributed by atoms with Gasteiger partial charge in [0.1, 0.15) is 0 Å². The highest BCUT2D eigenvalue weighted by molar-refractivity contribution is 7.08. The van der Waals surface area contributed by atoms with Gasteiger partial charge in [0, 0.05) is 24.9 Å². The molecule has 3 rings (SSSR count). The van der Waals surface area contributed by atoms with Crippen LogP contribution in [0.3, 0.4) is 0 Å². The fourth-order valence-electron chi connectivity index (χ4n) is 2.79. The Bertz CT molecular complexity index is 346. The molecular weight excluding hydrogens is 194 g/mol. The van der Waals surface area contributed by atoms with E-state index in [-0.39, 0.29) is 0 Å². The lowest BCUT2D eigenvalue weighted by Gasteiger charge is -2.19. The largest absolute Gasteiger partial charge is 0.339 e. The molecule has 0 spiro atoms. The molecule has 14 heavy (non-hydrogen) atoms. The normalized spacial score (nSPS) is 31.1. The maximum atomic E-state index is 11.7. The highest BCUT2D eigenvalue weighted by Gasteiger charge is 2.42. The number of hydrogen-bond donors (Lipinski definition) is 0. The van der Waals surface area contributed by atoms with E-state index in [1.54, 1.807) is 11.3 Å². The Balaban J connectivity index is 1.92. The zero-order valence-electron chi connectivity index (χ0n) is 7.98. The van der Waals surface area contributed by atoms with Gasteiger partial charge in [0.05, 0.1) is 0 Å². The van der Waals surface area contributed by atoms with Gasteiger partial charge in [0.15, 0.2) is 0 Å². The van der Waals surface area contributed by atoms with Gasteiger partial charge in [0.25, 0.3) is 0 Å². The molecule has 0 radical (unpaired) electrons. The van der Waals surface area contributed by atoms with Crippen molar-refractivity contribution in [3.63, 3.8) is 0 Å². The Kier molecular flexibility index (Phi) is 1.87. The first-order valence-electron chi connectivity index (χ1n) is 5.18. The fourth-order valence-corrected chi connectivity index (χ4v) is 3.51. The minimum atomic E-state index is 0.365. The second-order valence-corrected chi connectivity index (χ2v) is 4.94. The van der Waals surface area contributed by atoms with E-state index in [1.807, 2.05) is 0 Å². The maximum absolute atomic E-state index is 11.7. The van der Waals surface area contributed by atoms with Crippen LogP contribution in [0.1, 0.15) is 30.7 Å². The number of fused-ring (bicyclic) bond motifs is 1. The van der Waals surface area contributed by atoms with Gasteiger partial charge in [-0.25, -0.2) is 0 Å². The predicted octanol–water partition coefficient (Wildman–Crippen LogP) is 2.23. The summed E-state index contributed by atoms with van der Waals surface area (Å²) in [5, 5.41) is 4.30. The van der Waals surface area contributed by atoms with E-state index >= 15 is 0 Å². The second kappa shape index (κ2) is 3.09. The molecule has 0 saturated carbocycles. The van der Waals surface area contributed by atoms with E-state index in [9.17, 15) is 4.79 Å². The van der Waals surface area contributed by atoms with Crippen molar-refractivity contribution in [2.75, 3.05) is 6.54 Å². The van der Waals surface area contributed by atoms with Gasteiger partial charge in [-0.3, -0.25) is 4.79 Å². The zero-order chi connectivity index (χ0) is 9.54. The molecule has 2 fully saturated rings. The summed E-state index contributed by atoms with van der Waals surface area (Å²) in [7, 11) is 0. The highest BCUT2D eigenvalue weighted by atomic mass is 32.1. The monoisotopic (exact) mass is 207 g/mol. The van der Waals surface area contributed by atoms with Crippen molar-refractivity contribution in [3.8, 4) is 0 Å². The van der Waals surface area contributed by atoms with Crippen LogP contribution < -0.4 is 0 Å². The first-order chi connectivity index (χ1) is 6.86. The molecule has 1 aromatic rings. The summed E-state index contributed by atoms with van der Waals surface area (Å²) in [4.78, 5) is 13.8. The van der Waals surface area contributed by atoms with E-state index in [4.69, 9.17) is 0 Å². The summed E-state index contributed by atoms with van der Waals surface area (Å²) in [5.41, 5.74) is 1.37. The Morgan fingerprint density at radius 1 is 1.50 bits per heavy atom. The molecule has 0 aliphatic carbocycles. The number of hydrogen-bond acceptors (Lipinski definition) is 2. The molecule has 1 amide bonds. The molecule has 2 saturated heterocycles. The van der Waals surface area contributed by atoms with Crippen molar-refractivity contribution in [3.05, 3.63) is 22.4 Å². The van der Waals surface area contributed by atoms with Gasteiger partial charge >= 0.3 is 0 Å². The quantitative estimate of drug-likeness (QED) is 0.691. The maximum Gasteiger partial charge on any atom is 0.223 e. The molecule has 2 aliphatic heterocycles. The molecule has 3 heterocycles. The number of amides is 1. The summed E-state index contributed by atoms with van der Waals surface area (Å²) in [6, 6.07) is 2.68. The number of rotatable bonds is 1. The van der Waals surface area contributed by atoms with Crippen LogP contribution in [0.25, 0.3) is 0 Å². The molecule has 74 valence electrons. The molecule has 0 bridgehead atoms. The molecule has 0 unspecified atom stereocenters. The Morgan fingerprint density at radius 2 is 2.43 bits per heavy atom. The van der Waals surface area contributed by atoms with Crippen LogP contribution in [0.15, 0.2) is 16.8 Å². The average molecular weight is 207 g/mol. The van der Waals surface area contributed by atoms with Crippen molar-refractivity contribution < 1.29 is 4.79 Å². The smallest absolute Gasteiger partial charge is 0.223 e. The minimum absolute atomic E-state index is 0.365. The van der Waals surface area contributed by atoms with E-state index < -0.39 is 0 Å². The average Bonchev–Trinajstić information content (AvgIpc) is 2.84. The van der Waals surface area contributed by atoms with Crippen LogP contribution >= 0.6 is 11.3 Å². The topological polar surface area (TPSA) is 20.3 Å². The predicted molar refractivity (Wildman–Crippen MR) is 56.4 cm³/mol. The molecule has 0 aromatic carbocycles. The summed E-state index contributed by atoms with van der Waals surface area (Å²) in [6.07, 6.45) is 3.13. The summed E-state index contributed by atoms with van der Waals surface area (Å²) in [6.45, 7) is 0.990. The summed E-state index contributed by atoms with van der Waals surface area (Å²) < 4.78 is 0. The first-order valence-corrected chi connectivity index (χ1v) is 6.12. The van der Waals surface area contributed by atoms with Gasteiger partial charge in [-0.2, -0.15) is 11.3 Å². The van der Waals surface area contributed by atoms with Crippen LogP contribution in [0.2, 0.25) is 0 Å². The summed E-state index contributed by atoms with van der Waals surface area (Å²) in [5.74, 6) is 0.847. The van der Waals surface area contributed by atoms with Gasteiger partial charge in [-0.15, -0.1) is 0 Å². The Morgan fingerprint density at radius 3 is 3.21 bits per heavy atom. The van der Waals surface area contributed by atoms with E-state index in [1.165, 1.54) is 18.4 Å². The SMILES string of the molecule is O=C1C[C@H](c2ccsc2)[C@@H]2CCCN12. The van der Waals surface area contributed by atoms with Crippen LogP contribution in [0, 0.1) is 0 Å². The van der Waals surface area contributed by atoms with Gasteiger partial charge in [-0.1, -0.05) is 0 Å². The molecular formula is C11H13NOS. The lowest BCUT2D eigenvalue weighted by atomic mass is 9.92. The fraction of sp³-hybridized carbons (Fsp3) is 0.545. The standard InChI is InChI=1S/C11H13NOS/c13-11-6-9(8-3-5-14-7-8)10-2-1-4-12(10)11/h3,5,7,9-10H,1-2,4,6H2/t9-,10+/m1/s1. The second-order valence-electron chi connectivity index (χ2n) is 4.16. The summed E-state index contributed by atoms with van der Waals surface area (Å²) >= 11 is 1.73. The van der Waals surface area contributed by atoms with Crippen molar-refractivity contribution >= 4 is 17.2 Å². The third-order valence-electron chi connectivity index (χ3n) is 3.45. The number of nitrogens with zero attached hydrogens (tertiary/aromatic N) is 1. The molecule has 2 atom stereocenters. The van der Waals surface area contributed by atoms with Crippen molar-refractivity contribution in [2.24, 2.45) is 0 Å². The van der Waals surface area contributed by atoms with Crippen molar-refractivity contribution in [2.45, 2.75) is 31.2 Å². The van der Waals surface area contributed by atoms with Crippen LogP contribution in [-0.2, 0) is 4.79 Å². The Hall–Kier alpha value is -0.830. The van der Waals surface area contributed by atoms with Gasteiger partial charge < -0.3 is 4.90 Å². The number of carbonyl (C=O) groups excluding carboxylic acids is 1. The lowest BCUT2D eigenvalue weighted by Crippen LogP contribution is -2.28. The van der Waals surface area contributed by atoms with Gasteiger partial charge in [-0.05, 0) is 35.2 Å². The lowest BCUT2D eigenvalue weighted by molar-refractivity contribution is -0.127. The Labute approximate surface area is 87.5 Å². The minimum Gasteiger partial charge on any atom is -0.339 e.